The summed E-state index contributed by atoms with van der Waals surface area (Å²) in [7, 11) is 1.66. The first kappa shape index (κ1) is 10.9. The van der Waals surface area contributed by atoms with Crippen LogP contribution in [0.5, 0.6) is 0 Å². The highest BCUT2D eigenvalue weighted by Crippen LogP contribution is 2.00. The standard InChI is InChI=1S/C11H18N2O/c1-3-4-11(14-2)5-8-13-9-6-12-7-10-13/h3-5,8,12H,1,6-7,9-10H2,2H3/b8-5+,11-4+. The fourth-order valence-corrected chi connectivity index (χ4v) is 1.32. The number of ether oxygens (including phenoxy) is 1. The SMILES string of the molecule is C=C/C=C(\C=C\N1CCNCC1)OC. The van der Waals surface area contributed by atoms with E-state index in [1.807, 2.05) is 12.2 Å². The molecule has 3 heteroatoms. The lowest BCUT2D eigenvalue weighted by Crippen LogP contribution is -2.40. The Bertz CT molecular complexity index is 227. The van der Waals surface area contributed by atoms with Crippen molar-refractivity contribution in [3.05, 3.63) is 36.8 Å². The molecule has 0 aromatic rings. The monoisotopic (exact) mass is 194 g/mol. The molecule has 0 aliphatic carbocycles. The zero-order valence-electron chi connectivity index (χ0n) is 8.70. The van der Waals surface area contributed by atoms with Crippen LogP contribution < -0.4 is 5.32 Å². The van der Waals surface area contributed by atoms with Crippen LogP contribution in [0.25, 0.3) is 0 Å². The number of nitrogens with zero attached hydrogens (tertiary/aromatic N) is 1. The smallest absolute Gasteiger partial charge is 0.120 e. The van der Waals surface area contributed by atoms with Crippen molar-refractivity contribution in [3.8, 4) is 0 Å². The van der Waals surface area contributed by atoms with Crippen molar-refractivity contribution in [2.75, 3.05) is 33.3 Å². The molecule has 1 rings (SSSR count). The van der Waals surface area contributed by atoms with Gasteiger partial charge in [-0.1, -0.05) is 12.7 Å². The van der Waals surface area contributed by atoms with Gasteiger partial charge in [0.25, 0.3) is 0 Å². The number of allylic oxidation sites excluding steroid dienone is 3. The van der Waals surface area contributed by atoms with Crippen LogP contribution in [0.2, 0.25) is 0 Å². The molecule has 0 spiro atoms. The fraction of sp³-hybridized carbons (Fsp3) is 0.455. The number of methoxy groups -OCH3 is 1. The van der Waals surface area contributed by atoms with E-state index in [-0.39, 0.29) is 0 Å². The van der Waals surface area contributed by atoms with Gasteiger partial charge in [0.05, 0.1) is 7.11 Å². The summed E-state index contributed by atoms with van der Waals surface area (Å²) >= 11 is 0. The summed E-state index contributed by atoms with van der Waals surface area (Å²) in [4.78, 5) is 2.27. The molecule has 1 aliphatic heterocycles. The molecular formula is C11H18N2O. The van der Waals surface area contributed by atoms with E-state index >= 15 is 0 Å². The highest BCUT2D eigenvalue weighted by molar-refractivity contribution is 5.16. The van der Waals surface area contributed by atoms with Crippen LogP contribution >= 0.6 is 0 Å². The fourth-order valence-electron chi connectivity index (χ4n) is 1.32. The maximum absolute atomic E-state index is 5.14. The number of hydrogen-bond donors (Lipinski definition) is 1. The van der Waals surface area contributed by atoms with Crippen molar-refractivity contribution in [1.29, 1.82) is 0 Å². The molecule has 0 aromatic heterocycles. The summed E-state index contributed by atoms with van der Waals surface area (Å²) < 4.78 is 5.14. The Balaban J connectivity index is 2.43. The molecule has 0 saturated carbocycles. The van der Waals surface area contributed by atoms with Crippen molar-refractivity contribution < 1.29 is 4.74 Å². The molecule has 1 heterocycles. The molecule has 1 N–H and O–H groups in total. The molecule has 0 radical (unpaired) electrons. The molecule has 78 valence electrons. The second kappa shape index (κ2) is 6.27. The molecule has 14 heavy (non-hydrogen) atoms. The number of piperazine rings is 1. The molecule has 0 bridgehead atoms. The lowest BCUT2D eigenvalue weighted by atomic mass is 10.3. The average molecular weight is 194 g/mol. The summed E-state index contributed by atoms with van der Waals surface area (Å²) in [5, 5.41) is 3.30. The van der Waals surface area contributed by atoms with Crippen LogP contribution in [0, 0.1) is 0 Å². The summed E-state index contributed by atoms with van der Waals surface area (Å²) in [5.74, 6) is 0.832. The van der Waals surface area contributed by atoms with Crippen LogP contribution in [0.1, 0.15) is 0 Å². The Labute approximate surface area is 85.7 Å². The van der Waals surface area contributed by atoms with E-state index in [4.69, 9.17) is 4.74 Å². The molecule has 0 aromatic carbocycles. The van der Waals surface area contributed by atoms with Gasteiger partial charge in [0.1, 0.15) is 5.76 Å². The Morgan fingerprint density at radius 3 is 2.71 bits per heavy atom. The van der Waals surface area contributed by atoms with Gasteiger partial charge >= 0.3 is 0 Å². The zero-order chi connectivity index (χ0) is 10.2. The van der Waals surface area contributed by atoms with E-state index in [0.717, 1.165) is 31.9 Å². The van der Waals surface area contributed by atoms with Gasteiger partial charge in [0, 0.05) is 32.4 Å². The Kier molecular flexibility index (Phi) is 4.86. The largest absolute Gasteiger partial charge is 0.497 e. The molecule has 3 nitrogen and oxygen atoms in total. The second-order valence-corrected chi connectivity index (χ2v) is 3.11. The number of rotatable bonds is 4. The number of hydrogen-bond acceptors (Lipinski definition) is 3. The van der Waals surface area contributed by atoms with Gasteiger partial charge in [-0.05, 0) is 12.2 Å². The minimum atomic E-state index is 0.832. The molecule has 0 atom stereocenters. The summed E-state index contributed by atoms with van der Waals surface area (Å²) in [6.07, 6.45) is 7.60. The Hall–Kier alpha value is -1.22. The van der Waals surface area contributed by atoms with Gasteiger partial charge in [-0.15, -0.1) is 0 Å². The predicted octanol–water partition coefficient (Wildman–Crippen LogP) is 1.12. The normalized spacial score (nSPS) is 18.6. The third kappa shape index (κ3) is 3.66. The van der Waals surface area contributed by atoms with E-state index in [2.05, 4.69) is 23.0 Å². The maximum Gasteiger partial charge on any atom is 0.120 e. The van der Waals surface area contributed by atoms with Gasteiger partial charge < -0.3 is 15.0 Å². The van der Waals surface area contributed by atoms with E-state index in [1.54, 1.807) is 13.2 Å². The molecule has 0 amide bonds. The van der Waals surface area contributed by atoms with Gasteiger partial charge in [-0.3, -0.25) is 0 Å². The zero-order valence-corrected chi connectivity index (χ0v) is 8.70. The Morgan fingerprint density at radius 1 is 1.43 bits per heavy atom. The van der Waals surface area contributed by atoms with Crippen molar-refractivity contribution in [2.45, 2.75) is 0 Å². The molecule has 1 saturated heterocycles. The van der Waals surface area contributed by atoms with Crippen LogP contribution in [0.3, 0.4) is 0 Å². The second-order valence-electron chi connectivity index (χ2n) is 3.11. The first-order valence-electron chi connectivity index (χ1n) is 4.86. The lowest BCUT2D eigenvalue weighted by Gasteiger charge is -2.25. The third-order valence-corrected chi connectivity index (χ3v) is 2.12. The number of nitrogens with one attached hydrogen (secondary N) is 1. The first-order valence-corrected chi connectivity index (χ1v) is 4.86. The highest BCUT2D eigenvalue weighted by Gasteiger charge is 2.03. The quantitative estimate of drug-likeness (QED) is 0.536. The van der Waals surface area contributed by atoms with E-state index in [0.29, 0.717) is 0 Å². The topological polar surface area (TPSA) is 24.5 Å². The van der Waals surface area contributed by atoms with Crippen molar-refractivity contribution in [1.82, 2.24) is 10.2 Å². The van der Waals surface area contributed by atoms with E-state index in [9.17, 15) is 0 Å². The van der Waals surface area contributed by atoms with Crippen molar-refractivity contribution in [2.24, 2.45) is 0 Å². The van der Waals surface area contributed by atoms with Gasteiger partial charge in [-0.2, -0.15) is 0 Å². The van der Waals surface area contributed by atoms with Crippen molar-refractivity contribution in [3.63, 3.8) is 0 Å². The first-order chi connectivity index (χ1) is 6.86. The van der Waals surface area contributed by atoms with Crippen LogP contribution in [-0.4, -0.2) is 38.2 Å². The minimum absolute atomic E-state index is 0.832. The molecule has 0 unspecified atom stereocenters. The maximum atomic E-state index is 5.14. The summed E-state index contributed by atoms with van der Waals surface area (Å²) in [6, 6.07) is 0. The third-order valence-electron chi connectivity index (χ3n) is 2.12. The summed E-state index contributed by atoms with van der Waals surface area (Å²) in [5.41, 5.74) is 0. The van der Waals surface area contributed by atoms with Crippen LogP contribution in [0.15, 0.2) is 36.8 Å². The predicted molar refractivity (Wildman–Crippen MR) is 58.9 cm³/mol. The lowest BCUT2D eigenvalue weighted by molar-refractivity contribution is 0.298. The van der Waals surface area contributed by atoms with Gasteiger partial charge in [0.15, 0.2) is 0 Å². The molecule has 1 aliphatic rings. The van der Waals surface area contributed by atoms with Crippen LogP contribution in [0.4, 0.5) is 0 Å². The summed E-state index contributed by atoms with van der Waals surface area (Å²) in [6.45, 7) is 7.85. The average Bonchev–Trinajstić information content (AvgIpc) is 2.25. The highest BCUT2D eigenvalue weighted by atomic mass is 16.5. The van der Waals surface area contributed by atoms with E-state index in [1.165, 1.54) is 0 Å². The van der Waals surface area contributed by atoms with Crippen molar-refractivity contribution >= 4 is 0 Å². The Morgan fingerprint density at radius 2 is 2.14 bits per heavy atom. The van der Waals surface area contributed by atoms with E-state index < -0.39 is 0 Å². The molecule has 1 fully saturated rings. The van der Waals surface area contributed by atoms with Gasteiger partial charge in [-0.25, -0.2) is 0 Å². The minimum Gasteiger partial charge on any atom is -0.497 e. The molecular weight excluding hydrogens is 176 g/mol. The van der Waals surface area contributed by atoms with Gasteiger partial charge in [0.2, 0.25) is 0 Å². The van der Waals surface area contributed by atoms with Crippen LogP contribution in [-0.2, 0) is 4.74 Å².